The number of aryl methyl sites for hydroxylation is 2. The Balaban J connectivity index is 1.79. The van der Waals surface area contributed by atoms with E-state index in [0.29, 0.717) is 5.95 Å². The third-order valence-corrected chi connectivity index (χ3v) is 3.87. The molecule has 3 rings (SSSR count). The fourth-order valence-electron chi connectivity index (χ4n) is 2.25. The van der Waals surface area contributed by atoms with Gasteiger partial charge in [0.2, 0.25) is 5.95 Å². The summed E-state index contributed by atoms with van der Waals surface area (Å²) in [6.45, 7) is 4.11. The molecule has 1 aromatic heterocycles. The van der Waals surface area contributed by atoms with Gasteiger partial charge in [0.1, 0.15) is 5.82 Å². The van der Waals surface area contributed by atoms with Crippen LogP contribution in [-0.2, 0) is 0 Å². The van der Waals surface area contributed by atoms with Gasteiger partial charge in [-0.1, -0.05) is 28.1 Å². The molecule has 0 saturated carbocycles. The lowest BCUT2D eigenvalue weighted by molar-refractivity contribution is 1.16. The lowest BCUT2D eigenvalue weighted by Crippen LogP contribution is -2.01. The molecular weight excluding hydrogens is 352 g/mol. The molecule has 0 spiro atoms. The second-order valence-corrected chi connectivity index (χ2v) is 6.26. The summed E-state index contributed by atoms with van der Waals surface area (Å²) < 4.78 is 1.06. The van der Waals surface area contributed by atoms with Gasteiger partial charge in [0.15, 0.2) is 0 Å². The van der Waals surface area contributed by atoms with Gasteiger partial charge in [0.05, 0.1) is 0 Å². The second kappa shape index (κ2) is 6.79. The zero-order valence-corrected chi connectivity index (χ0v) is 14.6. The highest BCUT2D eigenvalue weighted by molar-refractivity contribution is 9.10. The largest absolute Gasteiger partial charge is 0.340 e. The maximum Gasteiger partial charge on any atom is 0.229 e. The van der Waals surface area contributed by atoms with E-state index in [4.69, 9.17) is 0 Å². The molecule has 0 aliphatic carbocycles. The van der Waals surface area contributed by atoms with Gasteiger partial charge < -0.3 is 10.6 Å². The fraction of sp³-hybridized carbons (Fsp3) is 0.111. The van der Waals surface area contributed by atoms with Gasteiger partial charge in [-0.25, -0.2) is 4.98 Å². The number of benzene rings is 2. The molecule has 0 atom stereocenters. The van der Waals surface area contributed by atoms with E-state index in [0.717, 1.165) is 27.2 Å². The zero-order valence-electron chi connectivity index (χ0n) is 13.0. The predicted molar refractivity (Wildman–Crippen MR) is 98.7 cm³/mol. The molecule has 4 nitrogen and oxygen atoms in total. The summed E-state index contributed by atoms with van der Waals surface area (Å²) in [7, 11) is 0. The van der Waals surface area contributed by atoms with E-state index >= 15 is 0 Å². The van der Waals surface area contributed by atoms with Crippen LogP contribution in [0.5, 0.6) is 0 Å². The van der Waals surface area contributed by atoms with Crippen LogP contribution in [0.4, 0.5) is 23.1 Å². The smallest absolute Gasteiger partial charge is 0.229 e. The van der Waals surface area contributed by atoms with Gasteiger partial charge in [-0.3, -0.25) is 0 Å². The Bertz CT molecular complexity index is 833. The van der Waals surface area contributed by atoms with Crippen LogP contribution in [0.15, 0.2) is 59.2 Å². The molecule has 116 valence electrons. The molecule has 3 aromatic rings. The number of anilines is 4. The third-order valence-electron chi connectivity index (χ3n) is 3.38. The number of hydrogen-bond donors (Lipinski definition) is 2. The zero-order chi connectivity index (χ0) is 16.2. The first-order valence-electron chi connectivity index (χ1n) is 7.30. The first kappa shape index (κ1) is 15.5. The molecule has 0 fully saturated rings. The van der Waals surface area contributed by atoms with Crippen molar-refractivity contribution in [3.63, 3.8) is 0 Å². The Kier molecular flexibility index (Phi) is 4.57. The highest BCUT2D eigenvalue weighted by atomic mass is 79.9. The average Bonchev–Trinajstić information content (AvgIpc) is 2.51. The van der Waals surface area contributed by atoms with Crippen molar-refractivity contribution in [2.75, 3.05) is 10.6 Å². The summed E-state index contributed by atoms with van der Waals surface area (Å²) >= 11 is 3.47. The Morgan fingerprint density at radius 1 is 0.957 bits per heavy atom. The van der Waals surface area contributed by atoms with Crippen molar-refractivity contribution >= 4 is 39.1 Å². The van der Waals surface area contributed by atoms with Crippen LogP contribution in [0.3, 0.4) is 0 Å². The molecule has 2 aromatic carbocycles. The van der Waals surface area contributed by atoms with Gasteiger partial charge in [-0.2, -0.15) is 4.98 Å². The maximum absolute atomic E-state index is 4.51. The first-order chi connectivity index (χ1) is 11.1. The van der Waals surface area contributed by atoms with Gasteiger partial charge in [0.25, 0.3) is 0 Å². The van der Waals surface area contributed by atoms with E-state index in [1.165, 1.54) is 5.56 Å². The SMILES string of the molecule is Cc1cccc(Nc2nccc(Nc3ccc(Br)cc3C)n2)c1. The van der Waals surface area contributed by atoms with Crippen LogP contribution in [0.25, 0.3) is 0 Å². The average molecular weight is 369 g/mol. The van der Waals surface area contributed by atoms with Gasteiger partial charge >= 0.3 is 0 Å². The number of hydrogen-bond acceptors (Lipinski definition) is 4. The molecule has 0 aliphatic rings. The third kappa shape index (κ3) is 4.07. The van der Waals surface area contributed by atoms with Crippen molar-refractivity contribution < 1.29 is 0 Å². The molecule has 5 heteroatoms. The normalized spacial score (nSPS) is 10.4. The summed E-state index contributed by atoms with van der Waals surface area (Å²) in [6.07, 6.45) is 1.74. The van der Waals surface area contributed by atoms with Crippen LogP contribution >= 0.6 is 15.9 Å². The quantitative estimate of drug-likeness (QED) is 0.652. The fourth-order valence-corrected chi connectivity index (χ4v) is 2.72. The molecular formula is C18H17BrN4. The summed E-state index contributed by atoms with van der Waals surface area (Å²) in [5.74, 6) is 1.32. The summed E-state index contributed by atoms with van der Waals surface area (Å²) in [5.41, 5.74) is 4.33. The predicted octanol–water partition coefficient (Wildman–Crippen LogP) is 5.34. The summed E-state index contributed by atoms with van der Waals surface area (Å²) in [5, 5.41) is 6.55. The van der Waals surface area contributed by atoms with Gasteiger partial charge in [0, 0.05) is 22.0 Å². The molecule has 0 unspecified atom stereocenters. The standard InChI is InChI=1S/C18H17BrN4/c1-12-4-3-5-15(10-12)21-18-20-9-8-17(23-18)22-16-7-6-14(19)11-13(16)2/h3-11H,1-2H3,(H2,20,21,22,23). The Hall–Kier alpha value is -2.40. The highest BCUT2D eigenvalue weighted by Crippen LogP contribution is 2.23. The molecule has 0 saturated heterocycles. The number of halogens is 1. The van der Waals surface area contributed by atoms with E-state index in [9.17, 15) is 0 Å². The topological polar surface area (TPSA) is 49.8 Å². The van der Waals surface area contributed by atoms with Crippen molar-refractivity contribution in [3.05, 3.63) is 70.3 Å². The molecule has 0 aliphatic heterocycles. The monoisotopic (exact) mass is 368 g/mol. The van der Waals surface area contributed by atoms with E-state index in [1.807, 2.05) is 30.3 Å². The van der Waals surface area contributed by atoms with E-state index in [1.54, 1.807) is 6.20 Å². The van der Waals surface area contributed by atoms with E-state index in [2.05, 4.69) is 68.6 Å². The highest BCUT2D eigenvalue weighted by Gasteiger charge is 2.03. The molecule has 2 N–H and O–H groups in total. The second-order valence-electron chi connectivity index (χ2n) is 5.34. The maximum atomic E-state index is 4.51. The molecule has 23 heavy (non-hydrogen) atoms. The lowest BCUT2D eigenvalue weighted by atomic mass is 10.2. The minimum atomic E-state index is 0.565. The first-order valence-corrected chi connectivity index (χ1v) is 8.09. The Labute approximate surface area is 144 Å². The van der Waals surface area contributed by atoms with Gasteiger partial charge in [-0.05, 0) is 61.4 Å². The van der Waals surface area contributed by atoms with Crippen molar-refractivity contribution in [2.24, 2.45) is 0 Å². The molecule has 0 bridgehead atoms. The van der Waals surface area contributed by atoms with E-state index < -0.39 is 0 Å². The number of nitrogens with one attached hydrogen (secondary N) is 2. The molecule has 1 heterocycles. The summed E-state index contributed by atoms with van der Waals surface area (Å²) in [4.78, 5) is 8.78. The van der Waals surface area contributed by atoms with Crippen LogP contribution in [0, 0.1) is 13.8 Å². The van der Waals surface area contributed by atoms with Crippen molar-refractivity contribution in [1.29, 1.82) is 0 Å². The van der Waals surface area contributed by atoms with Crippen LogP contribution in [0.2, 0.25) is 0 Å². The number of rotatable bonds is 4. The number of nitrogens with zero attached hydrogens (tertiary/aromatic N) is 2. The molecule has 0 amide bonds. The van der Waals surface area contributed by atoms with Crippen molar-refractivity contribution in [2.45, 2.75) is 13.8 Å². The summed E-state index contributed by atoms with van der Waals surface area (Å²) in [6, 6.07) is 16.1. The van der Waals surface area contributed by atoms with Crippen LogP contribution in [-0.4, -0.2) is 9.97 Å². The van der Waals surface area contributed by atoms with Gasteiger partial charge in [-0.15, -0.1) is 0 Å². The van der Waals surface area contributed by atoms with Crippen LogP contribution in [0.1, 0.15) is 11.1 Å². The molecule has 0 radical (unpaired) electrons. The minimum Gasteiger partial charge on any atom is -0.340 e. The van der Waals surface area contributed by atoms with E-state index in [-0.39, 0.29) is 0 Å². The Morgan fingerprint density at radius 3 is 2.61 bits per heavy atom. The minimum absolute atomic E-state index is 0.565. The Morgan fingerprint density at radius 2 is 1.83 bits per heavy atom. The van der Waals surface area contributed by atoms with Crippen molar-refractivity contribution in [1.82, 2.24) is 9.97 Å². The lowest BCUT2D eigenvalue weighted by Gasteiger charge is -2.11. The van der Waals surface area contributed by atoms with Crippen LogP contribution < -0.4 is 10.6 Å². The number of aromatic nitrogens is 2. The van der Waals surface area contributed by atoms with Crippen molar-refractivity contribution in [3.8, 4) is 0 Å².